The molecule has 0 unspecified atom stereocenters. The highest BCUT2D eigenvalue weighted by Crippen LogP contribution is 2.27. The summed E-state index contributed by atoms with van der Waals surface area (Å²) in [6, 6.07) is 8.06. The molecule has 4 nitrogen and oxygen atoms in total. The van der Waals surface area contributed by atoms with E-state index in [-0.39, 0.29) is 11.3 Å². The van der Waals surface area contributed by atoms with E-state index in [0.29, 0.717) is 5.92 Å². The number of hydrogen-bond donors (Lipinski definition) is 1. The van der Waals surface area contributed by atoms with Crippen molar-refractivity contribution < 1.29 is 4.79 Å². The number of likely N-dealkylation sites (tertiary alicyclic amines) is 1. The maximum absolute atomic E-state index is 12.7. The van der Waals surface area contributed by atoms with Crippen molar-refractivity contribution in [2.75, 3.05) is 13.1 Å². The van der Waals surface area contributed by atoms with Gasteiger partial charge in [-0.2, -0.15) is 0 Å². The van der Waals surface area contributed by atoms with Gasteiger partial charge in [0.05, 0.1) is 0 Å². The van der Waals surface area contributed by atoms with Crippen molar-refractivity contribution in [3.8, 4) is 0 Å². The number of rotatable bonds is 2. The minimum absolute atomic E-state index is 0.114. The van der Waals surface area contributed by atoms with Crippen LogP contribution >= 0.6 is 0 Å². The number of H-pyrrole nitrogens is 1. The standard InChI is InChI=1S/C19H25N3O/c1-19(2,3)16-6-4-15(5-7-16)18(23)22-12-8-14(9-13-22)17-20-10-11-21-17/h4-7,10-11,14H,8-9,12-13H2,1-3H3,(H,20,21). The molecule has 0 aliphatic carbocycles. The molecule has 1 aliphatic rings. The van der Waals surface area contributed by atoms with Gasteiger partial charge in [0, 0.05) is 37.0 Å². The molecular formula is C19H25N3O. The van der Waals surface area contributed by atoms with Gasteiger partial charge in [0.25, 0.3) is 5.91 Å². The first kappa shape index (κ1) is 15.8. The molecular weight excluding hydrogens is 286 g/mol. The number of benzene rings is 1. The predicted molar refractivity (Wildman–Crippen MR) is 91.6 cm³/mol. The minimum atomic E-state index is 0.114. The molecule has 1 fully saturated rings. The lowest BCUT2D eigenvalue weighted by molar-refractivity contribution is 0.0711. The normalized spacial score (nSPS) is 16.6. The number of aromatic amines is 1. The maximum Gasteiger partial charge on any atom is 0.253 e. The van der Waals surface area contributed by atoms with Crippen LogP contribution in [0, 0.1) is 0 Å². The number of nitrogens with one attached hydrogen (secondary N) is 1. The van der Waals surface area contributed by atoms with Crippen molar-refractivity contribution in [1.82, 2.24) is 14.9 Å². The monoisotopic (exact) mass is 311 g/mol. The quantitative estimate of drug-likeness (QED) is 0.918. The topological polar surface area (TPSA) is 49.0 Å². The summed E-state index contributed by atoms with van der Waals surface area (Å²) in [6.07, 6.45) is 5.60. The molecule has 1 aromatic heterocycles. The molecule has 1 aromatic carbocycles. The molecule has 2 aromatic rings. The summed E-state index contributed by atoms with van der Waals surface area (Å²) in [5.41, 5.74) is 2.16. The van der Waals surface area contributed by atoms with Crippen LogP contribution in [-0.2, 0) is 5.41 Å². The van der Waals surface area contributed by atoms with Crippen molar-refractivity contribution >= 4 is 5.91 Å². The molecule has 0 bridgehead atoms. The van der Waals surface area contributed by atoms with Crippen molar-refractivity contribution in [3.63, 3.8) is 0 Å². The predicted octanol–water partition coefficient (Wildman–Crippen LogP) is 3.73. The lowest BCUT2D eigenvalue weighted by atomic mass is 9.86. The summed E-state index contributed by atoms with van der Waals surface area (Å²) in [4.78, 5) is 22.2. The minimum Gasteiger partial charge on any atom is -0.348 e. The second kappa shape index (κ2) is 6.19. The molecule has 1 aliphatic heterocycles. The molecule has 4 heteroatoms. The molecule has 122 valence electrons. The molecule has 0 saturated carbocycles. The highest BCUT2D eigenvalue weighted by molar-refractivity contribution is 5.94. The van der Waals surface area contributed by atoms with Crippen LogP contribution in [0.1, 0.15) is 61.3 Å². The second-order valence-electron chi connectivity index (χ2n) is 7.37. The number of imidazole rings is 1. The summed E-state index contributed by atoms with van der Waals surface area (Å²) >= 11 is 0. The van der Waals surface area contributed by atoms with Gasteiger partial charge in [-0.25, -0.2) is 4.98 Å². The van der Waals surface area contributed by atoms with Crippen molar-refractivity contribution in [1.29, 1.82) is 0 Å². The van der Waals surface area contributed by atoms with Crippen LogP contribution in [0.2, 0.25) is 0 Å². The molecule has 2 heterocycles. The first-order valence-electron chi connectivity index (χ1n) is 8.34. The number of piperidine rings is 1. The molecule has 0 atom stereocenters. The van der Waals surface area contributed by atoms with Gasteiger partial charge in [0.15, 0.2) is 0 Å². The molecule has 23 heavy (non-hydrogen) atoms. The molecule has 0 spiro atoms. The van der Waals surface area contributed by atoms with Crippen LogP contribution in [0.5, 0.6) is 0 Å². The van der Waals surface area contributed by atoms with Crippen molar-refractivity contribution in [2.24, 2.45) is 0 Å². The highest BCUT2D eigenvalue weighted by Gasteiger charge is 2.26. The second-order valence-corrected chi connectivity index (χ2v) is 7.37. The Morgan fingerprint density at radius 2 is 1.83 bits per heavy atom. The van der Waals surface area contributed by atoms with E-state index in [4.69, 9.17) is 0 Å². The van der Waals surface area contributed by atoms with Crippen LogP contribution in [-0.4, -0.2) is 33.9 Å². The first-order chi connectivity index (χ1) is 10.9. The number of amides is 1. The number of hydrogen-bond acceptors (Lipinski definition) is 2. The maximum atomic E-state index is 12.7. The Kier molecular flexibility index (Phi) is 4.24. The Morgan fingerprint density at radius 3 is 2.35 bits per heavy atom. The Balaban J connectivity index is 1.63. The third-order valence-corrected chi connectivity index (χ3v) is 4.69. The SMILES string of the molecule is CC(C)(C)c1ccc(C(=O)N2CCC(c3ncc[nH]3)CC2)cc1. The van der Waals surface area contributed by atoms with Crippen LogP contribution in [0.4, 0.5) is 0 Å². The van der Waals surface area contributed by atoms with E-state index in [1.165, 1.54) is 5.56 Å². The fourth-order valence-corrected chi connectivity index (χ4v) is 3.15. The fourth-order valence-electron chi connectivity index (χ4n) is 3.15. The van der Waals surface area contributed by atoms with Gasteiger partial charge in [-0.1, -0.05) is 32.9 Å². The first-order valence-corrected chi connectivity index (χ1v) is 8.34. The van der Waals surface area contributed by atoms with Crippen LogP contribution in [0.25, 0.3) is 0 Å². The lowest BCUT2D eigenvalue weighted by Gasteiger charge is -2.31. The van der Waals surface area contributed by atoms with Crippen LogP contribution in [0.3, 0.4) is 0 Å². The average Bonchev–Trinajstić information content (AvgIpc) is 3.08. The summed E-state index contributed by atoms with van der Waals surface area (Å²) in [7, 11) is 0. The smallest absolute Gasteiger partial charge is 0.253 e. The molecule has 0 radical (unpaired) electrons. The van der Waals surface area contributed by atoms with E-state index in [0.717, 1.165) is 37.3 Å². The zero-order valence-corrected chi connectivity index (χ0v) is 14.2. The van der Waals surface area contributed by atoms with E-state index < -0.39 is 0 Å². The van der Waals surface area contributed by atoms with E-state index >= 15 is 0 Å². The van der Waals surface area contributed by atoms with Gasteiger partial charge in [-0.15, -0.1) is 0 Å². The van der Waals surface area contributed by atoms with Crippen molar-refractivity contribution in [2.45, 2.75) is 44.9 Å². The van der Waals surface area contributed by atoms with Crippen molar-refractivity contribution in [3.05, 3.63) is 53.6 Å². The van der Waals surface area contributed by atoms with E-state index in [2.05, 4.69) is 42.9 Å². The van der Waals surface area contributed by atoms with Crippen LogP contribution < -0.4 is 0 Å². The van der Waals surface area contributed by atoms with Gasteiger partial charge in [0.2, 0.25) is 0 Å². The Labute approximate surface area is 137 Å². The number of carbonyl (C=O) groups is 1. The van der Waals surface area contributed by atoms with Gasteiger partial charge >= 0.3 is 0 Å². The zero-order chi connectivity index (χ0) is 16.4. The van der Waals surface area contributed by atoms with Crippen LogP contribution in [0.15, 0.2) is 36.7 Å². The van der Waals surface area contributed by atoms with Gasteiger partial charge < -0.3 is 9.88 Å². The van der Waals surface area contributed by atoms with E-state index in [1.807, 2.05) is 23.2 Å². The fraction of sp³-hybridized carbons (Fsp3) is 0.474. The summed E-state index contributed by atoms with van der Waals surface area (Å²) in [5, 5.41) is 0. The van der Waals surface area contributed by atoms with Gasteiger partial charge in [0.1, 0.15) is 5.82 Å². The Morgan fingerprint density at radius 1 is 1.17 bits per heavy atom. The van der Waals surface area contributed by atoms with E-state index in [1.54, 1.807) is 6.20 Å². The highest BCUT2D eigenvalue weighted by atomic mass is 16.2. The summed E-state index contributed by atoms with van der Waals surface area (Å²) in [6.45, 7) is 8.15. The lowest BCUT2D eigenvalue weighted by Crippen LogP contribution is -2.38. The number of nitrogens with zero attached hydrogens (tertiary/aromatic N) is 2. The van der Waals surface area contributed by atoms with E-state index in [9.17, 15) is 4.79 Å². The van der Waals surface area contributed by atoms with Gasteiger partial charge in [-0.05, 0) is 36.0 Å². The molecule has 1 saturated heterocycles. The number of aromatic nitrogens is 2. The zero-order valence-electron chi connectivity index (χ0n) is 14.2. The summed E-state index contributed by atoms with van der Waals surface area (Å²) in [5.74, 6) is 1.63. The Bertz CT molecular complexity index is 645. The molecule has 1 amide bonds. The third-order valence-electron chi connectivity index (χ3n) is 4.69. The van der Waals surface area contributed by atoms with Gasteiger partial charge in [-0.3, -0.25) is 4.79 Å². The summed E-state index contributed by atoms with van der Waals surface area (Å²) < 4.78 is 0. The average molecular weight is 311 g/mol. The molecule has 1 N–H and O–H groups in total. The third kappa shape index (κ3) is 3.46. The Hall–Kier alpha value is -2.10. The molecule has 3 rings (SSSR count). The largest absolute Gasteiger partial charge is 0.348 e. The number of carbonyl (C=O) groups excluding carboxylic acids is 1.